The molecule has 172 valence electrons. The number of para-hydroxylation sites is 1. The van der Waals surface area contributed by atoms with E-state index in [-0.39, 0.29) is 0 Å². The SMILES string of the molecule is Clc1ccc(-c2nc(-c3cc(-c4ccccn4)nnc3-c3ccccn3)n(-c3ccccc3)n2)cc1. The highest BCUT2D eigenvalue weighted by atomic mass is 35.5. The molecule has 0 aliphatic carbocycles. The number of pyridine rings is 2. The first-order valence-corrected chi connectivity index (χ1v) is 11.6. The Kier molecular flexibility index (Phi) is 5.73. The maximum atomic E-state index is 6.12. The molecular weight excluding hydrogens is 470 g/mol. The molecule has 7 nitrogen and oxygen atoms in total. The lowest BCUT2D eigenvalue weighted by Gasteiger charge is -2.11. The van der Waals surface area contributed by atoms with Crippen LogP contribution in [0.3, 0.4) is 0 Å². The number of hydrogen-bond donors (Lipinski definition) is 0. The van der Waals surface area contributed by atoms with Gasteiger partial charge in [-0.05, 0) is 66.7 Å². The fourth-order valence-corrected chi connectivity index (χ4v) is 3.98. The van der Waals surface area contributed by atoms with Crippen molar-refractivity contribution < 1.29 is 0 Å². The summed E-state index contributed by atoms with van der Waals surface area (Å²) in [6.45, 7) is 0. The lowest BCUT2D eigenvalue weighted by molar-refractivity contribution is 0.888. The fourth-order valence-electron chi connectivity index (χ4n) is 3.85. The Morgan fingerprint density at radius 2 is 1.33 bits per heavy atom. The Bertz CT molecular complexity index is 1620. The van der Waals surface area contributed by atoms with E-state index in [1.807, 2.05) is 102 Å². The molecule has 4 aromatic heterocycles. The molecule has 0 saturated heterocycles. The van der Waals surface area contributed by atoms with Crippen LogP contribution in [0.25, 0.3) is 51.2 Å². The van der Waals surface area contributed by atoms with Crippen LogP contribution in [0.5, 0.6) is 0 Å². The predicted octanol–water partition coefficient (Wildman–Crippen LogP) is 6.17. The maximum absolute atomic E-state index is 6.12. The van der Waals surface area contributed by atoms with Gasteiger partial charge in [0.2, 0.25) is 0 Å². The molecule has 0 amide bonds. The standard InChI is InChI=1S/C28H18ClN7/c29-20-14-12-19(13-15-20)27-32-28(36(35-27)21-8-2-1-3-9-21)22-18-25(23-10-4-6-16-30-23)33-34-26(22)24-11-5-7-17-31-24/h1-18H. The topological polar surface area (TPSA) is 82.3 Å². The van der Waals surface area contributed by atoms with E-state index in [0.717, 1.165) is 16.8 Å². The Balaban J connectivity index is 1.62. The van der Waals surface area contributed by atoms with E-state index in [1.54, 1.807) is 12.4 Å². The van der Waals surface area contributed by atoms with Crippen molar-refractivity contribution in [1.82, 2.24) is 34.9 Å². The largest absolute Gasteiger partial charge is 0.255 e. The number of nitrogens with zero attached hydrogens (tertiary/aromatic N) is 7. The second-order valence-corrected chi connectivity index (χ2v) is 8.37. The molecule has 6 aromatic rings. The number of rotatable bonds is 5. The van der Waals surface area contributed by atoms with Gasteiger partial charge in [0.1, 0.15) is 11.4 Å². The first-order valence-electron chi connectivity index (χ1n) is 11.3. The zero-order valence-electron chi connectivity index (χ0n) is 18.9. The highest BCUT2D eigenvalue weighted by Gasteiger charge is 2.22. The lowest BCUT2D eigenvalue weighted by Crippen LogP contribution is -2.03. The Morgan fingerprint density at radius 3 is 2.03 bits per heavy atom. The molecule has 0 bridgehead atoms. The molecule has 36 heavy (non-hydrogen) atoms. The number of aromatic nitrogens is 7. The minimum atomic E-state index is 0.564. The summed E-state index contributed by atoms with van der Waals surface area (Å²) in [6.07, 6.45) is 3.46. The van der Waals surface area contributed by atoms with Crippen molar-refractivity contribution >= 4 is 11.6 Å². The molecule has 0 radical (unpaired) electrons. The van der Waals surface area contributed by atoms with Gasteiger partial charge < -0.3 is 0 Å². The molecule has 0 spiro atoms. The fraction of sp³-hybridized carbons (Fsp3) is 0. The average Bonchev–Trinajstić information content (AvgIpc) is 3.40. The van der Waals surface area contributed by atoms with Gasteiger partial charge in [-0.3, -0.25) is 9.97 Å². The lowest BCUT2D eigenvalue weighted by atomic mass is 10.1. The van der Waals surface area contributed by atoms with Crippen molar-refractivity contribution in [2.75, 3.05) is 0 Å². The van der Waals surface area contributed by atoms with Crippen molar-refractivity contribution in [3.05, 3.63) is 114 Å². The van der Waals surface area contributed by atoms with Gasteiger partial charge in [-0.1, -0.05) is 41.9 Å². The Labute approximate surface area is 212 Å². The molecule has 6 rings (SSSR count). The second-order valence-electron chi connectivity index (χ2n) is 7.94. The van der Waals surface area contributed by atoms with E-state index in [2.05, 4.69) is 20.2 Å². The van der Waals surface area contributed by atoms with E-state index in [9.17, 15) is 0 Å². The van der Waals surface area contributed by atoms with Crippen LogP contribution in [-0.4, -0.2) is 34.9 Å². The molecule has 4 heterocycles. The summed E-state index contributed by atoms with van der Waals surface area (Å²) in [5.74, 6) is 1.17. The highest BCUT2D eigenvalue weighted by Crippen LogP contribution is 2.33. The molecule has 0 saturated carbocycles. The van der Waals surface area contributed by atoms with Gasteiger partial charge in [0.05, 0.1) is 22.6 Å². The third kappa shape index (κ3) is 4.23. The first kappa shape index (κ1) is 21.8. The zero-order valence-corrected chi connectivity index (χ0v) is 19.7. The van der Waals surface area contributed by atoms with Crippen LogP contribution in [0.2, 0.25) is 5.02 Å². The third-order valence-electron chi connectivity index (χ3n) is 5.58. The number of halogens is 1. The van der Waals surface area contributed by atoms with Crippen LogP contribution < -0.4 is 0 Å². The summed E-state index contributed by atoms with van der Waals surface area (Å²) in [6, 6.07) is 30.6. The van der Waals surface area contributed by atoms with E-state index in [4.69, 9.17) is 21.7 Å². The maximum Gasteiger partial charge on any atom is 0.182 e. The predicted molar refractivity (Wildman–Crippen MR) is 139 cm³/mol. The van der Waals surface area contributed by atoms with Crippen LogP contribution in [-0.2, 0) is 0 Å². The van der Waals surface area contributed by atoms with Crippen LogP contribution in [0.4, 0.5) is 0 Å². The summed E-state index contributed by atoms with van der Waals surface area (Å²) in [5, 5.41) is 14.6. The van der Waals surface area contributed by atoms with Gasteiger partial charge in [0.15, 0.2) is 11.6 Å². The van der Waals surface area contributed by atoms with E-state index < -0.39 is 0 Å². The van der Waals surface area contributed by atoms with Crippen molar-refractivity contribution in [1.29, 1.82) is 0 Å². The molecular formula is C28H18ClN7. The summed E-state index contributed by atoms with van der Waals surface area (Å²) in [5.41, 5.74) is 5.07. The van der Waals surface area contributed by atoms with Crippen molar-refractivity contribution in [3.63, 3.8) is 0 Å². The van der Waals surface area contributed by atoms with Crippen LogP contribution in [0.1, 0.15) is 0 Å². The molecule has 0 unspecified atom stereocenters. The van der Waals surface area contributed by atoms with E-state index in [0.29, 0.717) is 39.4 Å². The van der Waals surface area contributed by atoms with E-state index >= 15 is 0 Å². The number of benzene rings is 2. The minimum Gasteiger partial charge on any atom is -0.255 e. The van der Waals surface area contributed by atoms with Gasteiger partial charge in [-0.15, -0.1) is 15.3 Å². The van der Waals surface area contributed by atoms with E-state index in [1.165, 1.54) is 0 Å². The molecule has 0 aliphatic heterocycles. The summed E-state index contributed by atoms with van der Waals surface area (Å²) in [4.78, 5) is 13.9. The van der Waals surface area contributed by atoms with Crippen molar-refractivity contribution in [2.24, 2.45) is 0 Å². The Hall–Kier alpha value is -4.75. The van der Waals surface area contributed by atoms with Gasteiger partial charge in [0, 0.05) is 23.0 Å². The van der Waals surface area contributed by atoms with Crippen molar-refractivity contribution in [2.45, 2.75) is 0 Å². The first-order chi connectivity index (χ1) is 17.8. The normalized spacial score (nSPS) is 10.9. The Morgan fingerprint density at radius 1 is 0.639 bits per heavy atom. The molecule has 0 fully saturated rings. The van der Waals surface area contributed by atoms with Crippen LogP contribution >= 0.6 is 11.6 Å². The van der Waals surface area contributed by atoms with Gasteiger partial charge in [-0.2, -0.15) is 0 Å². The summed E-state index contributed by atoms with van der Waals surface area (Å²) in [7, 11) is 0. The average molecular weight is 488 g/mol. The molecule has 8 heteroatoms. The van der Waals surface area contributed by atoms with Gasteiger partial charge >= 0.3 is 0 Å². The van der Waals surface area contributed by atoms with Crippen LogP contribution in [0, 0.1) is 0 Å². The molecule has 2 aromatic carbocycles. The molecule has 0 aliphatic rings. The van der Waals surface area contributed by atoms with Crippen LogP contribution in [0.15, 0.2) is 109 Å². The van der Waals surface area contributed by atoms with Crippen molar-refractivity contribution in [3.8, 4) is 51.2 Å². The molecule has 0 atom stereocenters. The second kappa shape index (κ2) is 9.48. The highest BCUT2D eigenvalue weighted by molar-refractivity contribution is 6.30. The number of hydrogen-bond acceptors (Lipinski definition) is 6. The molecule has 0 N–H and O–H groups in total. The smallest absolute Gasteiger partial charge is 0.182 e. The summed E-state index contributed by atoms with van der Waals surface area (Å²) < 4.78 is 1.82. The minimum absolute atomic E-state index is 0.564. The zero-order chi connectivity index (χ0) is 24.3. The van der Waals surface area contributed by atoms with Gasteiger partial charge in [-0.25, -0.2) is 9.67 Å². The third-order valence-corrected chi connectivity index (χ3v) is 5.83. The van der Waals surface area contributed by atoms with Gasteiger partial charge in [0.25, 0.3) is 0 Å². The quantitative estimate of drug-likeness (QED) is 0.289. The summed E-state index contributed by atoms with van der Waals surface area (Å²) >= 11 is 6.12. The monoisotopic (exact) mass is 487 g/mol.